The molecule has 0 atom stereocenters. The molecule has 0 unspecified atom stereocenters. The molecule has 2 heterocycles. The first-order chi connectivity index (χ1) is 12.9. The van der Waals surface area contributed by atoms with Gasteiger partial charge in [0.25, 0.3) is 0 Å². The number of aromatic nitrogens is 4. The zero-order valence-electron chi connectivity index (χ0n) is 18.1. The lowest BCUT2D eigenvalue weighted by atomic mass is 9.77. The molecule has 28 heavy (non-hydrogen) atoms. The van der Waals surface area contributed by atoms with E-state index < -0.39 is 8.32 Å². The molecule has 152 valence electrons. The minimum atomic E-state index is -1.81. The van der Waals surface area contributed by atoms with E-state index in [0.29, 0.717) is 5.56 Å². The first-order valence-corrected chi connectivity index (χ1v) is 12.9. The topological polar surface area (TPSA) is 69.9 Å². The smallest absolute Gasteiger partial charge is 0.192 e. The van der Waals surface area contributed by atoms with Crippen molar-refractivity contribution in [2.75, 3.05) is 0 Å². The summed E-state index contributed by atoms with van der Waals surface area (Å²) < 4.78 is 8.67. The summed E-state index contributed by atoms with van der Waals surface area (Å²) >= 11 is 0. The maximum Gasteiger partial charge on any atom is 0.192 e. The molecule has 1 fully saturated rings. The van der Waals surface area contributed by atoms with E-state index in [1.807, 2.05) is 11.6 Å². The van der Waals surface area contributed by atoms with Crippen LogP contribution in [-0.4, -0.2) is 39.5 Å². The van der Waals surface area contributed by atoms with E-state index in [1.165, 1.54) is 6.33 Å². The van der Waals surface area contributed by atoms with Crippen LogP contribution in [0.25, 0.3) is 0 Å². The number of carbonyl (C=O) groups excluding carboxylic acids is 1. The van der Waals surface area contributed by atoms with Crippen LogP contribution in [0.5, 0.6) is 0 Å². The Morgan fingerprint density at radius 3 is 2.61 bits per heavy atom. The van der Waals surface area contributed by atoms with Crippen molar-refractivity contribution >= 4 is 14.1 Å². The Labute approximate surface area is 168 Å². The molecule has 1 aliphatic rings. The van der Waals surface area contributed by atoms with Gasteiger partial charge in [0.2, 0.25) is 0 Å². The summed E-state index contributed by atoms with van der Waals surface area (Å²) in [5, 5.41) is 4.73. The Morgan fingerprint density at radius 1 is 1.36 bits per heavy atom. The van der Waals surface area contributed by atoms with Crippen molar-refractivity contribution in [3.63, 3.8) is 0 Å². The summed E-state index contributed by atoms with van der Waals surface area (Å²) in [5.41, 5.74) is 2.24. The summed E-state index contributed by atoms with van der Waals surface area (Å²) in [6.07, 6.45) is 6.96. The highest BCUT2D eigenvalue weighted by molar-refractivity contribution is 6.74. The lowest BCUT2D eigenvalue weighted by molar-refractivity contribution is -0.0429. The van der Waals surface area contributed by atoms with Crippen LogP contribution in [0.2, 0.25) is 18.1 Å². The van der Waals surface area contributed by atoms with Gasteiger partial charge in [0.15, 0.2) is 14.1 Å². The van der Waals surface area contributed by atoms with Gasteiger partial charge < -0.3 is 4.43 Å². The highest BCUT2D eigenvalue weighted by Crippen LogP contribution is 2.49. The van der Waals surface area contributed by atoms with Crippen LogP contribution in [0.3, 0.4) is 0 Å². The Kier molecular flexibility index (Phi) is 5.36. The minimum Gasteiger partial charge on any atom is -0.411 e. The molecule has 7 heteroatoms. The molecular formula is C21H32N4O2Si. The maximum absolute atomic E-state index is 12.7. The van der Waals surface area contributed by atoms with Gasteiger partial charge in [0.05, 0.1) is 35.5 Å². The van der Waals surface area contributed by atoms with Crippen molar-refractivity contribution in [3.8, 4) is 0 Å². The van der Waals surface area contributed by atoms with Gasteiger partial charge in [0, 0.05) is 11.9 Å². The van der Waals surface area contributed by atoms with Crippen molar-refractivity contribution in [2.24, 2.45) is 0 Å². The second-order valence-corrected chi connectivity index (χ2v) is 14.5. The predicted octanol–water partition coefficient (Wildman–Crippen LogP) is 4.52. The molecule has 3 rings (SSSR count). The van der Waals surface area contributed by atoms with Crippen LogP contribution in [0, 0.1) is 6.92 Å². The molecule has 6 nitrogen and oxygen atoms in total. The Bertz CT molecular complexity index is 849. The minimum absolute atomic E-state index is 0.0436. The molecule has 1 aliphatic carbocycles. The van der Waals surface area contributed by atoms with E-state index in [0.717, 1.165) is 24.2 Å². The van der Waals surface area contributed by atoms with E-state index in [1.54, 1.807) is 18.5 Å². The van der Waals surface area contributed by atoms with E-state index in [4.69, 9.17) is 4.43 Å². The van der Waals surface area contributed by atoms with E-state index in [2.05, 4.69) is 55.9 Å². The standard InChI is InChI=1S/C21H32N4O2Si/c1-15-18(19(26)10-16-8-9-22-14-23-16)13-24-25(15)17-11-21(5,12-17)27-28(6,7)20(2,3)4/h8-9,13-14,17H,10-12H2,1-7H3/t17-,21+. The molecule has 0 bridgehead atoms. The lowest BCUT2D eigenvalue weighted by Crippen LogP contribution is -2.54. The molecule has 2 aromatic rings. The Hall–Kier alpha value is -1.86. The third-order valence-electron chi connectivity index (χ3n) is 6.32. The van der Waals surface area contributed by atoms with Crippen LogP contribution < -0.4 is 0 Å². The molecule has 1 saturated carbocycles. The van der Waals surface area contributed by atoms with Gasteiger partial charge in [-0.15, -0.1) is 0 Å². The quantitative estimate of drug-likeness (QED) is 0.526. The van der Waals surface area contributed by atoms with Crippen LogP contribution in [0.1, 0.15) is 68.3 Å². The fourth-order valence-electron chi connectivity index (χ4n) is 3.71. The number of rotatable bonds is 6. The second-order valence-electron chi connectivity index (χ2n) is 9.76. The van der Waals surface area contributed by atoms with Crippen LogP contribution in [0.4, 0.5) is 0 Å². The Balaban J connectivity index is 1.66. The number of hydrogen-bond donors (Lipinski definition) is 0. The highest BCUT2D eigenvalue weighted by atomic mass is 28.4. The molecule has 0 spiro atoms. The fraction of sp³-hybridized carbons (Fsp3) is 0.619. The normalized spacial score (nSPS) is 22.8. The molecule has 0 N–H and O–H groups in total. The highest BCUT2D eigenvalue weighted by Gasteiger charge is 2.49. The predicted molar refractivity (Wildman–Crippen MR) is 112 cm³/mol. The lowest BCUT2D eigenvalue weighted by Gasteiger charge is -2.52. The van der Waals surface area contributed by atoms with Gasteiger partial charge in [-0.2, -0.15) is 5.10 Å². The van der Waals surface area contributed by atoms with E-state index in [-0.39, 0.29) is 28.9 Å². The average molecular weight is 401 g/mol. The second kappa shape index (κ2) is 7.19. The van der Waals surface area contributed by atoms with Gasteiger partial charge in [-0.25, -0.2) is 9.97 Å². The first-order valence-electron chi connectivity index (χ1n) is 9.94. The van der Waals surface area contributed by atoms with Gasteiger partial charge in [-0.05, 0) is 50.9 Å². The van der Waals surface area contributed by atoms with Gasteiger partial charge in [-0.3, -0.25) is 9.48 Å². The number of carbonyl (C=O) groups is 1. The monoisotopic (exact) mass is 400 g/mol. The number of ketones is 1. The maximum atomic E-state index is 12.7. The number of nitrogens with zero attached hydrogens (tertiary/aromatic N) is 4. The van der Waals surface area contributed by atoms with Crippen LogP contribution in [0.15, 0.2) is 24.8 Å². The SMILES string of the molecule is Cc1c(C(=O)Cc2ccncn2)cnn1[C@H]1C[C@@](C)(O[Si](C)(C)C(C)(C)C)C1. The van der Waals surface area contributed by atoms with E-state index >= 15 is 0 Å². The first kappa shape index (κ1) is 20.9. The third-order valence-corrected chi connectivity index (χ3v) is 10.9. The molecule has 0 aromatic carbocycles. The van der Waals surface area contributed by atoms with Crippen molar-refractivity contribution in [1.82, 2.24) is 19.7 Å². The summed E-state index contributed by atoms with van der Waals surface area (Å²) in [4.78, 5) is 20.7. The molecule has 0 radical (unpaired) electrons. The van der Waals surface area contributed by atoms with Crippen LogP contribution >= 0.6 is 0 Å². The van der Waals surface area contributed by atoms with Crippen molar-refractivity contribution in [2.45, 2.75) is 83.7 Å². The summed E-state index contributed by atoms with van der Waals surface area (Å²) in [5.74, 6) is 0.0436. The summed E-state index contributed by atoms with van der Waals surface area (Å²) in [6.45, 7) is 15.6. The third kappa shape index (κ3) is 4.10. The van der Waals surface area contributed by atoms with Crippen molar-refractivity contribution < 1.29 is 9.22 Å². The summed E-state index contributed by atoms with van der Waals surface area (Å²) in [6, 6.07) is 2.06. The number of Topliss-reactive ketones (excluding diaryl/α,β-unsaturated/α-hetero) is 1. The molecule has 0 saturated heterocycles. The van der Waals surface area contributed by atoms with Crippen LogP contribution in [-0.2, 0) is 10.8 Å². The molecule has 0 amide bonds. The zero-order chi connectivity index (χ0) is 20.7. The Morgan fingerprint density at radius 2 is 2.04 bits per heavy atom. The van der Waals surface area contributed by atoms with Crippen molar-refractivity contribution in [3.05, 3.63) is 41.7 Å². The largest absolute Gasteiger partial charge is 0.411 e. The van der Waals surface area contributed by atoms with E-state index in [9.17, 15) is 4.79 Å². The number of hydrogen-bond acceptors (Lipinski definition) is 5. The summed E-state index contributed by atoms with van der Waals surface area (Å²) in [7, 11) is -1.81. The average Bonchev–Trinajstić information content (AvgIpc) is 2.93. The van der Waals surface area contributed by atoms with Gasteiger partial charge >= 0.3 is 0 Å². The fourth-order valence-corrected chi connectivity index (χ4v) is 5.41. The molecule has 2 aromatic heterocycles. The molecule has 0 aliphatic heterocycles. The van der Waals surface area contributed by atoms with Gasteiger partial charge in [-0.1, -0.05) is 20.8 Å². The molecular weight excluding hydrogens is 368 g/mol. The zero-order valence-corrected chi connectivity index (χ0v) is 19.1. The van der Waals surface area contributed by atoms with Gasteiger partial charge in [0.1, 0.15) is 6.33 Å². The van der Waals surface area contributed by atoms with Crippen molar-refractivity contribution in [1.29, 1.82) is 0 Å².